The first-order valence-corrected chi connectivity index (χ1v) is 7.08. The van der Waals surface area contributed by atoms with Gasteiger partial charge >= 0.3 is 0 Å². The Labute approximate surface area is 109 Å². The zero-order chi connectivity index (χ0) is 12.6. The van der Waals surface area contributed by atoms with Gasteiger partial charge in [-0.1, -0.05) is 37.3 Å². The molecule has 2 aliphatic rings. The normalized spacial score (nSPS) is 37.9. The van der Waals surface area contributed by atoms with Gasteiger partial charge in [0.05, 0.1) is 24.5 Å². The summed E-state index contributed by atoms with van der Waals surface area (Å²) in [6.07, 6.45) is 4.66. The number of nitrogens with zero attached hydrogens (tertiary/aromatic N) is 1. The van der Waals surface area contributed by atoms with E-state index in [1.807, 2.05) is 0 Å². The van der Waals surface area contributed by atoms with Crippen LogP contribution in [0.15, 0.2) is 30.3 Å². The molecule has 0 radical (unpaired) electrons. The molecule has 0 N–H and O–H groups in total. The van der Waals surface area contributed by atoms with Crippen molar-refractivity contribution < 1.29 is 9.28 Å². The standard InChI is InChI=1S/C16H22NO/c1-2-15-10-16(13-18)8-9-17(15,12-16)11-14-6-4-3-5-7-14/h3-7,13,15H,2,8-12H2,1H3/q+1. The summed E-state index contributed by atoms with van der Waals surface area (Å²) < 4.78 is 1.15. The van der Waals surface area contributed by atoms with Crippen molar-refractivity contribution in [3.8, 4) is 0 Å². The largest absolute Gasteiger partial charge is 0.317 e. The summed E-state index contributed by atoms with van der Waals surface area (Å²) >= 11 is 0. The predicted octanol–water partition coefficient (Wildman–Crippen LogP) is 2.77. The number of hydrogen-bond donors (Lipinski definition) is 0. The van der Waals surface area contributed by atoms with E-state index in [1.165, 1.54) is 24.8 Å². The highest BCUT2D eigenvalue weighted by Gasteiger charge is 2.60. The highest BCUT2D eigenvalue weighted by Crippen LogP contribution is 2.50. The minimum absolute atomic E-state index is 0.00938. The van der Waals surface area contributed by atoms with Gasteiger partial charge in [0.1, 0.15) is 12.8 Å². The number of carbonyl (C=O) groups is 1. The number of hydrogen-bond acceptors (Lipinski definition) is 1. The highest BCUT2D eigenvalue weighted by atomic mass is 16.1. The minimum Gasteiger partial charge on any atom is -0.317 e. The molecule has 2 fully saturated rings. The van der Waals surface area contributed by atoms with E-state index in [-0.39, 0.29) is 5.41 Å². The summed E-state index contributed by atoms with van der Waals surface area (Å²) in [7, 11) is 0. The first-order valence-electron chi connectivity index (χ1n) is 7.08. The lowest BCUT2D eigenvalue weighted by Gasteiger charge is -2.38. The molecule has 2 nitrogen and oxygen atoms in total. The number of carbonyl (C=O) groups excluding carboxylic acids is 1. The number of quaternary nitrogens is 1. The van der Waals surface area contributed by atoms with Crippen LogP contribution in [0.4, 0.5) is 0 Å². The first-order chi connectivity index (χ1) is 8.72. The van der Waals surface area contributed by atoms with Crippen LogP contribution in [0.1, 0.15) is 31.7 Å². The lowest BCUT2D eigenvalue weighted by atomic mass is 9.83. The van der Waals surface area contributed by atoms with E-state index >= 15 is 0 Å². The smallest absolute Gasteiger partial charge is 0.132 e. The van der Waals surface area contributed by atoms with Crippen molar-refractivity contribution in [2.24, 2.45) is 5.41 Å². The van der Waals surface area contributed by atoms with Crippen LogP contribution < -0.4 is 0 Å². The lowest BCUT2D eigenvalue weighted by molar-refractivity contribution is -0.945. The molecular weight excluding hydrogens is 222 g/mol. The van der Waals surface area contributed by atoms with Crippen LogP contribution in [0.2, 0.25) is 0 Å². The van der Waals surface area contributed by atoms with Gasteiger partial charge in [-0.15, -0.1) is 0 Å². The van der Waals surface area contributed by atoms with Crippen LogP contribution in [-0.2, 0) is 11.3 Å². The fourth-order valence-electron chi connectivity index (χ4n) is 4.26. The molecule has 0 amide bonds. The minimum atomic E-state index is 0.00938. The first kappa shape index (κ1) is 11.9. The van der Waals surface area contributed by atoms with Crippen molar-refractivity contribution >= 4 is 6.29 Å². The molecule has 2 bridgehead atoms. The van der Waals surface area contributed by atoms with Gasteiger partial charge in [-0.2, -0.15) is 0 Å². The van der Waals surface area contributed by atoms with Gasteiger partial charge < -0.3 is 9.28 Å². The van der Waals surface area contributed by atoms with Crippen LogP contribution in [0, 0.1) is 5.41 Å². The fraction of sp³-hybridized carbons (Fsp3) is 0.562. The van der Waals surface area contributed by atoms with E-state index in [4.69, 9.17) is 0 Å². The molecule has 0 aromatic heterocycles. The molecule has 0 saturated carbocycles. The quantitative estimate of drug-likeness (QED) is 0.588. The maximum atomic E-state index is 11.4. The summed E-state index contributed by atoms with van der Waals surface area (Å²) in [6, 6.07) is 11.4. The third-order valence-electron chi connectivity index (χ3n) is 5.16. The van der Waals surface area contributed by atoms with E-state index in [1.54, 1.807) is 0 Å². The summed E-state index contributed by atoms with van der Waals surface area (Å²) in [5, 5.41) is 0. The average molecular weight is 244 g/mol. The summed E-state index contributed by atoms with van der Waals surface area (Å²) in [5.41, 5.74) is 1.43. The molecule has 2 saturated heterocycles. The molecule has 2 heterocycles. The van der Waals surface area contributed by atoms with Gasteiger partial charge in [0, 0.05) is 18.4 Å². The predicted molar refractivity (Wildman–Crippen MR) is 72.0 cm³/mol. The van der Waals surface area contributed by atoms with Crippen LogP contribution in [0.3, 0.4) is 0 Å². The van der Waals surface area contributed by atoms with E-state index in [2.05, 4.69) is 37.3 Å². The van der Waals surface area contributed by atoms with Gasteiger partial charge in [0.25, 0.3) is 0 Å². The topological polar surface area (TPSA) is 17.1 Å². The molecular formula is C16H22NO+. The molecule has 96 valence electrons. The Bertz CT molecular complexity index is 444. The van der Waals surface area contributed by atoms with E-state index < -0.39 is 0 Å². The van der Waals surface area contributed by atoms with Crippen LogP contribution in [0.5, 0.6) is 0 Å². The molecule has 18 heavy (non-hydrogen) atoms. The number of piperidine rings is 1. The van der Waals surface area contributed by atoms with Crippen LogP contribution in [0.25, 0.3) is 0 Å². The Hall–Kier alpha value is -1.15. The lowest BCUT2D eigenvalue weighted by Crippen LogP contribution is -2.49. The molecule has 0 aliphatic carbocycles. The van der Waals surface area contributed by atoms with Crippen molar-refractivity contribution in [2.45, 2.75) is 38.8 Å². The van der Waals surface area contributed by atoms with Gasteiger partial charge in [-0.05, 0) is 6.42 Å². The fourth-order valence-corrected chi connectivity index (χ4v) is 4.26. The van der Waals surface area contributed by atoms with Crippen molar-refractivity contribution in [3.63, 3.8) is 0 Å². The van der Waals surface area contributed by atoms with Gasteiger partial charge in [0.2, 0.25) is 0 Å². The molecule has 3 atom stereocenters. The number of fused-ring (bicyclic) bond motifs is 2. The number of benzene rings is 1. The Balaban J connectivity index is 1.87. The number of rotatable bonds is 4. The van der Waals surface area contributed by atoms with Crippen LogP contribution >= 0.6 is 0 Å². The molecule has 1 aromatic rings. The third-order valence-corrected chi connectivity index (χ3v) is 5.16. The van der Waals surface area contributed by atoms with Crippen molar-refractivity contribution in [2.75, 3.05) is 13.1 Å². The average Bonchev–Trinajstić information content (AvgIpc) is 2.93. The monoisotopic (exact) mass is 244 g/mol. The molecule has 3 unspecified atom stereocenters. The Morgan fingerprint density at radius 3 is 2.83 bits per heavy atom. The van der Waals surface area contributed by atoms with Gasteiger partial charge in [0.15, 0.2) is 0 Å². The zero-order valence-electron chi connectivity index (χ0n) is 11.1. The molecule has 0 spiro atoms. The second-order valence-electron chi connectivity index (χ2n) is 6.24. The van der Waals surface area contributed by atoms with Gasteiger partial charge in [-0.3, -0.25) is 0 Å². The molecule has 3 rings (SSSR count). The maximum Gasteiger partial charge on any atom is 0.132 e. The Morgan fingerprint density at radius 1 is 1.39 bits per heavy atom. The van der Waals surface area contributed by atoms with E-state index in [9.17, 15) is 4.79 Å². The molecule has 2 aliphatic heterocycles. The maximum absolute atomic E-state index is 11.4. The van der Waals surface area contributed by atoms with Crippen molar-refractivity contribution in [3.05, 3.63) is 35.9 Å². The summed E-state index contributed by atoms with van der Waals surface area (Å²) in [4.78, 5) is 11.4. The van der Waals surface area contributed by atoms with E-state index in [0.29, 0.717) is 6.04 Å². The SMILES string of the molecule is CCC1CC2(C=O)CC[N+]1(Cc1ccccc1)C2. The van der Waals surface area contributed by atoms with Crippen LogP contribution in [-0.4, -0.2) is 29.9 Å². The zero-order valence-corrected chi connectivity index (χ0v) is 11.1. The van der Waals surface area contributed by atoms with Crippen molar-refractivity contribution in [1.82, 2.24) is 0 Å². The van der Waals surface area contributed by atoms with E-state index in [0.717, 1.165) is 30.4 Å². The van der Waals surface area contributed by atoms with Gasteiger partial charge in [-0.25, -0.2) is 0 Å². The summed E-state index contributed by atoms with van der Waals surface area (Å²) in [5.74, 6) is 0. The summed E-state index contributed by atoms with van der Waals surface area (Å²) in [6.45, 7) is 5.64. The number of aldehydes is 1. The second-order valence-corrected chi connectivity index (χ2v) is 6.24. The van der Waals surface area contributed by atoms with Crippen molar-refractivity contribution in [1.29, 1.82) is 0 Å². The molecule has 1 aromatic carbocycles. The Kier molecular flexibility index (Phi) is 2.78. The molecule has 2 heteroatoms. The second kappa shape index (κ2) is 4.20. The highest BCUT2D eigenvalue weighted by molar-refractivity contribution is 5.60. The third kappa shape index (κ3) is 1.71. The Morgan fingerprint density at radius 2 is 2.17 bits per heavy atom.